The molecule has 0 aliphatic carbocycles. The molecule has 1 aromatic heterocycles. The zero-order valence-corrected chi connectivity index (χ0v) is 11.6. The first-order chi connectivity index (χ1) is 9.60. The van der Waals surface area contributed by atoms with Gasteiger partial charge in [0.15, 0.2) is 11.0 Å². The lowest BCUT2D eigenvalue weighted by Crippen LogP contribution is -2.13. The molecule has 0 fully saturated rings. The normalized spacial score (nSPS) is 11.6. The number of hydrogen-bond donors (Lipinski definition) is 3. The van der Waals surface area contributed by atoms with Gasteiger partial charge in [-0.05, 0) is 24.1 Å². The van der Waals surface area contributed by atoms with Crippen LogP contribution in [-0.4, -0.2) is 21.0 Å². The van der Waals surface area contributed by atoms with E-state index in [1.807, 2.05) is 19.1 Å². The van der Waals surface area contributed by atoms with E-state index in [-0.39, 0.29) is 11.4 Å². The highest BCUT2D eigenvalue weighted by molar-refractivity contribution is 7.98. The zero-order valence-electron chi connectivity index (χ0n) is 10.8. The molecule has 0 aliphatic rings. The largest absolute Gasteiger partial charge is 0.409 e. The quantitative estimate of drug-likeness (QED) is 0.197. The summed E-state index contributed by atoms with van der Waals surface area (Å²) in [4.78, 5) is 17.9. The highest BCUT2D eigenvalue weighted by Crippen LogP contribution is 2.21. The van der Waals surface area contributed by atoms with Crippen molar-refractivity contribution < 1.29 is 5.21 Å². The number of H-pyrrole nitrogens is 1. The molecular formula is C13H14N4O2S. The molecule has 6 nitrogen and oxygen atoms in total. The number of nitrogens with one attached hydrogen (secondary N) is 1. The Morgan fingerprint density at radius 2 is 2.30 bits per heavy atom. The van der Waals surface area contributed by atoms with Gasteiger partial charge in [0.05, 0.1) is 0 Å². The van der Waals surface area contributed by atoms with E-state index in [4.69, 9.17) is 10.9 Å². The summed E-state index contributed by atoms with van der Waals surface area (Å²) in [5.74, 6) is 0.760. The van der Waals surface area contributed by atoms with Gasteiger partial charge < -0.3 is 15.9 Å². The number of aromatic amines is 1. The first kappa shape index (κ1) is 14.1. The molecule has 104 valence electrons. The van der Waals surface area contributed by atoms with Crippen molar-refractivity contribution >= 4 is 17.6 Å². The summed E-state index contributed by atoms with van der Waals surface area (Å²) in [5, 5.41) is 12.2. The van der Waals surface area contributed by atoms with Gasteiger partial charge in [-0.25, -0.2) is 4.98 Å². The first-order valence-corrected chi connectivity index (χ1v) is 6.84. The number of nitrogens with two attached hydrogens (primary N) is 1. The van der Waals surface area contributed by atoms with E-state index in [9.17, 15) is 4.79 Å². The molecular weight excluding hydrogens is 276 g/mol. The molecule has 1 aromatic carbocycles. The summed E-state index contributed by atoms with van der Waals surface area (Å²) in [7, 11) is 0. The Bertz CT molecular complexity index is 697. The third-order valence-corrected chi connectivity index (χ3v) is 3.69. The number of hydrogen-bond acceptors (Lipinski definition) is 5. The molecule has 0 radical (unpaired) electrons. The van der Waals surface area contributed by atoms with Crippen LogP contribution in [0.25, 0.3) is 0 Å². The second kappa shape index (κ2) is 6.25. The van der Waals surface area contributed by atoms with Crippen LogP contribution in [0.3, 0.4) is 0 Å². The molecule has 0 aliphatic heterocycles. The average Bonchev–Trinajstić information content (AvgIpc) is 2.45. The number of thioether (sulfide) groups is 1. The minimum absolute atomic E-state index is 0.0846. The summed E-state index contributed by atoms with van der Waals surface area (Å²) < 4.78 is 0. The van der Waals surface area contributed by atoms with E-state index in [1.165, 1.54) is 24.0 Å². The molecule has 0 atom stereocenters. The molecule has 0 saturated heterocycles. The Labute approximate surface area is 119 Å². The average molecular weight is 290 g/mol. The van der Waals surface area contributed by atoms with Gasteiger partial charge in [-0.3, -0.25) is 4.79 Å². The van der Waals surface area contributed by atoms with Gasteiger partial charge in [-0.2, -0.15) is 0 Å². The number of benzene rings is 1. The van der Waals surface area contributed by atoms with Crippen molar-refractivity contribution in [2.24, 2.45) is 10.9 Å². The van der Waals surface area contributed by atoms with Crippen LogP contribution in [0.2, 0.25) is 0 Å². The van der Waals surface area contributed by atoms with Crippen LogP contribution in [0.5, 0.6) is 0 Å². The molecule has 0 spiro atoms. The molecule has 0 saturated carbocycles. The molecule has 0 bridgehead atoms. The van der Waals surface area contributed by atoms with Gasteiger partial charge in [0.25, 0.3) is 5.56 Å². The van der Waals surface area contributed by atoms with Gasteiger partial charge >= 0.3 is 0 Å². The van der Waals surface area contributed by atoms with E-state index in [1.54, 1.807) is 6.07 Å². The van der Waals surface area contributed by atoms with Gasteiger partial charge in [-0.1, -0.05) is 29.1 Å². The van der Waals surface area contributed by atoms with Crippen molar-refractivity contribution in [3.05, 3.63) is 57.5 Å². The SMILES string of the molecule is Cc1cc(/C(N)=N/O)ccc1CSc1nccc(=O)[nH]1. The van der Waals surface area contributed by atoms with Crippen LogP contribution in [0, 0.1) is 6.92 Å². The Kier molecular flexibility index (Phi) is 4.41. The maximum Gasteiger partial charge on any atom is 0.251 e. The van der Waals surface area contributed by atoms with E-state index >= 15 is 0 Å². The molecule has 7 heteroatoms. The zero-order chi connectivity index (χ0) is 14.5. The smallest absolute Gasteiger partial charge is 0.251 e. The predicted octanol–water partition coefficient (Wildman–Crippen LogP) is 1.47. The van der Waals surface area contributed by atoms with Crippen LogP contribution in [0.15, 0.2) is 45.6 Å². The van der Waals surface area contributed by atoms with Crippen LogP contribution < -0.4 is 11.3 Å². The fraction of sp³-hybridized carbons (Fsp3) is 0.154. The summed E-state index contributed by atoms with van der Waals surface area (Å²) >= 11 is 1.44. The fourth-order valence-electron chi connectivity index (χ4n) is 1.65. The number of amidine groups is 1. The van der Waals surface area contributed by atoms with Crippen LogP contribution in [-0.2, 0) is 5.75 Å². The summed E-state index contributed by atoms with van der Waals surface area (Å²) in [6.45, 7) is 1.95. The highest BCUT2D eigenvalue weighted by Gasteiger charge is 2.05. The third kappa shape index (κ3) is 3.39. The second-order valence-electron chi connectivity index (χ2n) is 4.15. The van der Waals surface area contributed by atoms with Crippen molar-refractivity contribution in [1.29, 1.82) is 0 Å². The standard InChI is InChI=1S/C13H14N4O2S/c1-8-6-9(12(14)17-19)2-3-10(8)7-20-13-15-5-4-11(18)16-13/h2-6,19H,7H2,1H3,(H2,14,17)(H,15,16,18). The van der Waals surface area contributed by atoms with Gasteiger partial charge in [0.2, 0.25) is 0 Å². The first-order valence-electron chi connectivity index (χ1n) is 5.85. The van der Waals surface area contributed by atoms with Crippen molar-refractivity contribution in [2.45, 2.75) is 17.8 Å². The fourth-order valence-corrected chi connectivity index (χ4v) is 2.57. The molecule has 0 unspecified atom stereocenters. The Balaban J connectivity index is 2.12. The summed E-state index contributed by atoms with van der Waals surface area (Å²) in [6, 6.07) is 6.93. The molecule has 0 amide bonds. The van der Waals surface area contributed by atoms with Crippen LogP contribution >= 0.6 is 11.8 Å². The Morgan fingerprint density at radius 3 is 2.95 bits per heavy atom. The second-order valence-corrected chi connectivity index (χ2v) is 5.12. The lowest BCUT2D eigenvalue weighted by molar-refractivity contribution is 0.318. The van der Waals surface area contributed by atoms with Crippen LogP contribution in [0.4, 0.5) is 0 Å². The molecule has 2 aromatic rings. The third-order valence-electron chi connectivity index (χ3n) is 2.76. The maximum atomic E-state index is 11.2. The van der Waals surface area contributed by atoms with E-state index in [2.05, 4.69) is 15.1 Å². The number of nitrogens with zero attached hydrogens (tertiary/aromatic N) is 2. The lowest BCUT2D eigenvalue weighted by atomic mass is 10.1. The topological polar surface area (TPSA) is 104 Å². The summed E-state index contributed by atoms with van der Waals surface area (Å²) in [6.07, 6.45) is 1.48. The van der Waals surface area contributed by atoms with E-state index in [0.717, 1.165) is 11.1 Å². The van der Waals surface area contributed by atoms with Crippen LogP contribution in [0.1, 0.15) is 16.7 Å². The molecule has 4 N–H and O–H groups in total. The number of rotatable bonds is 4. The lowest BCUT2D eigenvalue weighted by Gasteiger charge is -2.07. The monoisotopic (exact) mass is 290 g/mol. The van der Waals surface area contributed by atoms with Gasteiger partial charge in [0.1, 0.15) is 0 Å². The van der Waals surface area contributed by atoms with Gasteiger partial charge in [-0.15, -0.1) is 0 Å². The van der Waals surface area contributed by atoms with Crippen molar-refractivity contribution in [3.8, 4) is 0 Å². The number of oxime groups is 1. The molecule has 1 heterocycles. The van der Waals surface area contributed by atoms with Crippen molar-refractivity contribution in [1.82, 2.24) is 9.97 Å². The minimum Gasteiger partial charge on any atom is -0.409 e. The minimum atomic E-state index is -0.165. The summed E-state index contributed by atoms with van der Waals surface area (Å²) in [5.41, 5.74) is 8.17. The molecule has 20 heavy (non-hydrogen) atoms. The highest BCUT2D eigenvalue weighted by atomic mass is 32.2. The molecule has 2 rings (SSSR count). The van der Waals surface area contributed by atoms with E-state index < -0.39 is 0 Å². The predicted molar refractivity (Wildman–Crippen MR) is 78.1 cm³/mol. The van der Waals surface area contributed by atoms with E-state index in [0.29, 0.717) is 16.5 Å². The van der Waals surface area contributed by atoms with Crippen molar-refractivity contribution in [3.63, 3.8) is 0 Å². The Hall–Kier alpha value is -2.28. The Morgan fingerprint density at radius 1 is 1.50 bits per heavy atom. The number of aromatic nitrogens is 2. The van der Waals surface area contributed by atoms with Gasteiger partial charge in [0, 0.05) is 23.6 Å². The number of aryl methyl sites for hydroxylation is 1. The van der Waals surface area contributed by atoms with Crippen molar-refractivity contribution in [2.75, 3.05) is 0 Å². The maximum absolute atomic E-state index is 11.2.